The number of alkyl halides is 2. The molecule has 7 heteroatoms. The van der Waals surface area contributed by atoms with Crippen molar-refractivity contribution in [3.8, 4) is 5.75 Å². The summed E-state index contributed by atoms with van der Waals surface area (Å²) in [6.07, 6.45) is 3.01. The van der Waals surface area contributed by atoms with Crippen molar-refractivity contribution < 1.29 is 23.9 Å². The summed E-state index contributed by atoms with van der Waals surface area (Å²) in [5, 5.41) is 17.9. The van der Waals surface area contributed by atoms with Gasteiger partial charge in [-0.05, 0) is 24.4 Å². The van der Waals surface area contributed by atoms with Gasteiger partial charge in [0, 0.05) is 19.7 Å². The summed E-state index contributed by atoms with van der Waals surface area (Å²) in [6, 6.07) is 4.04. The molecule has 2 N–H and O–H groups in total. The highest BCUT2D eigenvalue weighted by molar-refractivity contribution is 5.71. The number of hydrogen-bond acceptors (Lipinski definition) is 5. The van der Waals surface area contributed by atoms with Crippen LogP contribution in [0, 0.1) is 0 Å². The first-order valence-corrected chi connectivity index (χ1v) is 5.02. The highest BCUT2D eigenvalue weighted by atomic mass is 19.3. The Kier molecular flexibility index (Phi) is 4.87. The second-order valence-electron chi connectivity index (χ2n) is 3.64. The summed E-state index contributed by atoms with van der Waals surface area (Å²) in [6.45, 7) is -2.99. The third-order valence-electron chi connectivity index (χ3n) is 2.01. The maximum atomic E-state index is 12.2. The molecule has 0 heterocycles. The van der Waals surface area contributed by atoms with Gasteiger partial charge in [-0.2, -0.15) is 8.78 Å². The Morgan fingerprint density at radius 1 is 1.28 bits per heavy atom. The second kappa shape index (κ2) is 6.18. The van der Waals surface area contributed by atoms with Crippen LogP contribution in [0.4, 0.5) is 14.5 Å². The van der Waals surface area contributed by atoms with Gasteiger partial charge in [-0.25, -0.2) is 0 Å². The van der Waals surface area contributed by atoms with Crippen LogP contribution in [0.3, 0.4) is 0 Å². The number of hydrogen-bond donors (Lipinski definition) is 2. The Morgan fingerprint density at radius 2 is 1.94 bits per heavy atom. The maximum absolute atomic E-state index is 12.2. The summed E-state index contributed by atoms with van der Waals surface area (Å²) in [4.78, 5) is 1.67. The van der Waals surface area contributed by atoms with E-state index in [1.165, 1.54) is 24.3 Å². The highest BCUT2D eigenvalue weighted by Gasteiger charge is 2.14. The molecule has 100 valence electrons. The molecule has 0 saturated carbocycles. The standard InChI is InChI=1S/C11H14F2N2O3/c1-14(2)7-6-8-9(15(16)17)4-3-5-10(8)18-11(12)13/h3-7,11,16-17H,1-2H3/b7-6+. The molecule has 18 heavy (non-hydrogen) atoms. The largest absolute Gasteiger partial charge is 0.434 e. The van der Waals surface area contributed by atoms with Gasteiger partial charge < -0.3 is 9.64 Å². The lowest BCUT2D eigenvalue weighted by molar-refractivity contribution is -0.0502. The van der Waals surface area contributed by atoms with E-state index in [-0.39, 0.29) is 22.2 Å². The first kappa shape index (κ1) is 14.2. The van der Waals surface area contributed by atoms with Crippen LogP contribution in [0.1, 0.15) is 5.56 Å². The van der Waals surface area contributed by atoms with Gasteiger partial charge in [-0.1, -0.05) is 6.07 Å². The predicted octanol–water partition coefficient (Wildman–Crippen LogP) is 2.41. The number of benzene rings is 1. The Morgan fingerprint density at radius 3 is 2.44 bits per heavy atom. The molecular formula is C11H14F2N2O3. The monoisotopic (exact) mass is 260 g/mol. The van der Waals surface area contributed by atoms with E-state index in [0.717, 1.165) is 0 Å². The molecule has 5 nitrogen and oxygen atoms in total. The van der Waals surface area contributed by atoms with Crippen molar-refractivity contribution in [1.82, 2.24) is 4.90 Å². The predicted molar refractivity (Wildman–Crippen MR) is 61.8 cm³/mol. The molecule has 1 aromatic rings. The third kappa shape index (κ3) is 3.86. The van der Waals surface area contributed by atoms with E-state index < -0.39 is 6.61 Å². The summed E-state index contributed by atoms with van der Waals surface area (Å²) in [5.41, 5.74) is 0.0720. The normalized spacial score (nSPS) is 11.1. The van der Waals surface area contributed by atoms with Crippen LogP contribution in [0.25, 0.3) is 6.08 Å². The summed E-state index contributed by atoms with van der Waals surface area (Å²) in [5.74, 6) is -0.145. The van der Waals surface area contributed by atoms with Gasteiger partial charge in [0.1, 0.15) is 11.4 Å². The third-order valence-corrected chi connectivity index (χ3v) is 2.01. The van der Waals surface area contributed by atoms with Crippen LogP contribution < -0.4 is 9.96 Å². The highest BCUT2D eigenvalue weighted by Crippen LogP contribution is 2.30. The summed E-state index contributed by atoms with van der Waals surface area (Å²) < 4.78 is 28.8. The number of ether oxygens (including phenoxy) is 1. The molecule has 0 spiro atoms. The fourth-order valence-electron chi connectivity index (χ4n) is 1.30. The van der Waals surface area contributed by atoms with Gasteiger partial charge in [-0.15, -0.1) is 5.23 Å². The van der Waals surface area contributed by atoms with Crippen molar-refractivity contribution in [3.63, 3.8) is 0 Å². The van der Waals surface area contributed by atoms with Gasteiger partial charge in [0.15, 0.2) is 0 Å². The molecule has 0 aliphatic rings. The molecule has 0 aliphatic carbocycles. The number of anilines is 1. The minimum atomic E-state index is -2.99. The van der Waals surface area contributed by atoms with E-state index in [1.54, 1.807) is 25.2 Å². The number of halogens is 2. The van der Waals surface area contributed by atoms with Crippen LogP contribution in [0.15, 0.2) is 24.4 Å². The van der Waals surface area contributed by atoms with E-state index in [2.05, 4.69) is 4.74 Å². The average molecular weight is 260 g/mol. The fraction of sp³-hybridized carbons (Fsp3) is 0.273. The Bertz CT molecular complexity index is 423. The van der Waals surface area contributed by atoms with Gasteiger partial charge in [0.05, 0.1) is 0 Å². The van der Waals surface area contributed by atoms with Crippen LogP contribution in [-0.2, 0) is 0 Å². The molecule has 0 amide bonds. The molecular weight excluding hydrogens is 246 g/mol. The zero-order valence-electron chi connectivity index (χ0n) is 9.92. The first-order chi connectivity index (χ1) is 8.41. The molecule has 0 unspecified atom stereocenters. The molecule has 1 aromatic carbocycles. The zero-order chi connectivity index (χ0) is 13.7. The maximum Gasteiger partial charge on any atom is 0.387 e. The van der Waals surface area contributed by atoms with Gasteiger partial charge in [-0.3, -0.25) is 10.4 Å². The van der Waals surface area contributed by atoms with E-state index in [0.29, 0.717) is 0 Å². The molecule has 0 saturated heterocycles. The minimum absolute atomic E-state index is 0.0637. The molecule has 0 atom stereocenters. The zero-order valence-corrected chi connectivity index (χ0v) is 9.92. The summed E-state index contributed by atoms with van der Waals surface area (Å²) >= 11 is 0. The van der Waals surface area contributed by atoms with Crippen molar-refractivity contribution in [2.75, 3.05) is 19.3 Å². The van der Waals surface area contributed by atoms with Crippen LogP contribution in [0.5, 0.6) is 5.75 Å². The quantitative estimate of drug-likeness (QED) is 0.796. The molecule has 0 aromatic heterocycles. The first-order valence-electron chi connectivity index (χ1n) is 5.02. The lowest BCUT2D eigenvalue weighted by Gasteiger charge is -2.15. The van der Waals surface area contributed by atoms with E-state index >= 15 is 0 Å². The van der Waals surface area contributed by atoms with Crippen molar-refractivity contribution >= 4 is 11.8 Å². The average Bonchev–Trinajstić information content (AvgIpc) is 2.25. The van der Waals surface area contributed by atoms with Crippen LogP contribution >= 0.6 is 0 Å². The molecule has 0 radical (unpaired) electrons. The summed E-state index contributed by atoms with van der Waals surface area (Å²) in [7, 11) is 3.48. The molecule has 1 rings (SSSR count). The smallest absolute Gasteiger partial charge is 0.387 e. The SMILES string of the molecule is CN(C)/C=C/c1c(OC(F)F)cccc1N(O)O. The Balaban J connectivity index is 3.20. The van der Waals surface area contributed by atoms with Crippen molar-refractivity contribution in [2.45, 2.75) is 6.61 Å². The van der Waals surface area contributed by atoms with Gasteiger partial charge >= 0.3 is 6.61 Å². The molecule has 0 fully saturated rings. The topological polar surface area (TPSA) is 56.2 Å². The lowest BCUT2D eigenvalue weighted by atomic mass is 10.1. The molecule has 0 aliphatic heterocycles. The number of rotatable bonds is 5. The molecule has 0 bridgehead atoms. The van der Waals surface area contributed by atoms with Crippen molar-refractivity contribution in [2.24, 2.45) is 0 Å². The van der Waals surface area contributed by atoms with Gasteiger partial charge in [0.2, 0.25) is 0 Å². The Hall–Kier alpha value is -1.86. The van der Waals surface area contributed by atoms with E-state index in [1.807, 2.05) is 0 Å². The van der Waals surface area contributed by atoms with Crippen molar-refractivity contribution in [1.29, 1.82) is 0 Å². The number of nitrogens with zero attached hydrogens (tertiary/aromatic N) is 2. The van der Waals surface area contributed by atoms with Crippen LogP contribution in [-0.4, -0.2) is 36.0 Å². The van der Waals surface area contributed by atoms with E-state index in [9.17, 15) is 8.78 Å². The minimum Gasteiger partial charge on any atom is -0.434 e. The van der Waals surface area contributed by atoms with Crippen molar-refractivity contribution in [3.05, 3.63) is 30.0 Å². The lowest BCUT2D eigenvalue weighted by Crippen LogP contribution is -2.14. The Labute approximate surface area is 103 Å². The van der Waals surface area contributed by atoms with E-state index in [4.69, 9.17) is 10.4 Å². The van der Waals surface area contributed by atoms with Gasteiger partial charge in [0.25, 0.3) is 0 Å². The fourth-order valence-corrected chi connectivity index (χ4v) is 1.30. The van der Waals surface area contributed by atoms with Crippen LogP contribution in [0.2, 0.25) is 0 Å². The second-order valence-corrected chi connectivity index (χ2v) is 3.64.